The summed E-state index contributed by atoms with van der Waals surface area (Å²) in [6.07, 6.45) is 4.61. The van der Waals surface area contributed by atoms with Gasteiger partial charge in [-0.3, -0.25) is 4.90 Å². The number of rotatable bonds is 7. The Morgan fingerprint density at radius 3 is 2.37 bits per heavy atom. The zero-order chi connectivity index (χ0) is 13.5. The predicted molar refractivity (Wildman–Crippen MR) is 79.6 cm³/mol. The van der Waals surface area contributed by atoms with Crippen molar-refractivity contribution >= 4 is 0 Å². The summed E-state index contributed by atoms with van der Waals surface area (Å²) in [6, 6.07) is 0. The molecule has 112 valence electrons. The molecule has 1 N–H and O–H groups in total. The van der Waals surface area contributed by atoms with Crippen molar-refractivity contribution in [3.8, 4) is 0 Å². The van der Waals surface area contributed by atoms with Crippen molar-refractivity contribution in [2.45, 2.75) is 45.3 Å². The topological polar surface area (TPSA) is 27.7 Å². The van der Waals surface area contributed by atoms with Crippen LogP contribution in [0.3, 0.4) is 0 Å². The molecule has 0 aromatic rings. The second-order valence-electron chi connectivity index (χ2n) is 5.90. The molecule has 0 spiro atoms. The third-order valence-electron chi connectivity index (χ3n) is 4.37. The number of hydrogen-bond donors (Lipinski definition) is 1. The van der Waals surface area contributed by atoms with Gasteiger partial charge >= 0.3 is 0 Å². The molecule has 0 radical (unpaired) electrons. The van der Waals surface area contributed by atoms with E-state index in [9.17, 15) is 0 Å². The summed E-state index contributed by atoms with van der Waals surface area (Å²) in [5.41, 5.74) is 0. The zero-order valence-electron chi connectivity index (χ0n) is 12.7. The van der Waals surface area contributed by atoms with Crippen LogP contribution in [0.25, 0.3) is 0 Å². The fraction of sp³-hybridized carbons (Fsp3) is 1.00. The van der Waals surface area contributed by atoms with Gasteiger partial charge in [0.05, 0.1) is 12.2 Å². The Morgan fingerprint density at radius 1 is 1.00 bits per heavy atom. The summed E-state index contributed by atoms with van der Waals surface area (Å²) in [5, 5.41) is 3.47. The van der Waals surface area contributed by atoms with Crippen LogP contribution >= 0.6 is 0 Å². The van der Waals surface area contributed by atoms with Crippen molar-refractivity contribution in [3.63, 3.8) is 0 Å². The molecule has 2 unspecified atom stereocenters. The maximum absolute atomic E-state index is 6.15. The first-order valence-corrected chi connectivity index (χ1v) is 8.12. The molecule has 2 aliphatic rings. The highest BCUT2D eigenvalue weighted by atomic mass is 16.5. The van der Waals surface area contributed by atoms with Crippen molar-refractivity contribution in [1.29, 1.82) is 0 Å². The molecule has 4 heteroatoms. The van der Waals surface area contributed by atoms with Crippen LogP contribution in [0.2, 0.25) is 0 Å². The molecule has 4 nitrogen and oxygen atoms in total. The highest BCUT2D eigenvalue weighted by molar-refractivity contribution is 4.80. The minimum Gasteiger partial charge on any atom is -0.372 e. The van der Waals surface area contributed by atoms with Crippen LogP contribution in [0, 0.1) is 0 Å². The first-order valence-electron chi connectivity index (χ1n) is 8.12. The van der Waals surface area contributed by atoms with Crippen molar-refractivity contribution in [3.05, 3.63) is 0 Å². The standard InChI is InChI=1S/C15H31N3O/c1-3-7-16-12-14-5-6-15(19-14)13-18-10-8-17(4-2)9-11-18/h14-16H,3-13H2,1-2H3. The molecule has 0 aromatic heterocycles. The van der Waals surface area contributed by atoms with E-state index in [0.717, 1.165) is 19.6 Å². The summed E-state index contributed by atoms with van der Waals surface area (Å²) in [6.45, 7) is 13.8. The van der Waals surface area contributed by atoms with E-state index in [1.54, 1.807) is 0 Å². The van der Waals surface area contributed by atoms with E-state index in [1.165, 1.54) is 52.0 Å². The first-order chi connectivity index (χ1) is 9.31. The Hall–Kier alpha value is -0.160. The zero-order valence-corrected chi connectivity index (χ0v) is 12.7. The van der Waals surface area contributed by atoms with Crippen molar-refractivity contribution in [1.82, 2.24) is 15.1 Å². The molecule has 2 rings (SSSR count). The largest absolute Gasteiger partial charge is 0.372 e. The van der Waals surface area contributed by atoms with Gasteiger partial charge in [0.15, 0.2) is 0 Å². The number of nitrogens with one attached hydrogen (secondary N) is 1. The monoisotopic (exact) mass is 269 g/mol. The molecule has 2 saturated heterocycles. The van der Waals surface area contributed by atoms with Gasteiger partial charge in [0.2, 0.25) is 0 Å². The Kier molecular flexibility index (Phi) is 6.57. The third-order valence-corrected chi connectivity index (χ3v) is 4.37. The van der Waals surface area contributed by atoms with Crippen LogP contribution < -0.4 is 5.32 Å². The number of nitrogens with zero attached hydrogens (tertiary/aromatic N) is 2. The number of likely N-dealkylation sites (N-methyl/N-ethyl adjacent to an activating group) is 1. The van der Waals surface area contributed by atoms with Gasteiger partial charge in [-0.15, -0.1) is 0 Å². The number of piperazine rings is 1. The van der Waals surface area contributed by atoms with Crippen LogP contribution in [0.1, 0.15) is 33.1 Å². The number of ether oxygens (including phenoxy) is 1. The Balaban J connectivity index is 1.60. The van der Waals surface area contributed by atoms with E-state index >= 15 is 0 Å². The molecule has 0 bridgehead atoms. The average Bonchev–Trinajstić information content (AvgIpc) is 2.88. The van der Waals surface area contributed by atoms with Crippen LogP contribution in [0.5, 0.6) is 0 Å². The fourth-order valence-electron chi connectivity index (χ4n) is 3.08. The van der Waals surface area contributed by atoms with Gasteiger partial charge in [-0.2, -0.15) is 0 Å². The Morgan fingerprint density at radius 2 is 1.68 bits per heavy atom. The van der Waals surface area contributed by atoms with Gasteiger partial charge in [-0.1, -0.05) is 13.8 Å². The molecule has 2 fully saturated rings. The van der Waals surface area contributed by atoms with Gasteiger partial charge in [-0.05, 0) is 32.4 Å². The van der Waals surface area contributed by atoms with Crippen LogP contribution in [-0.4, -0.2) is 74.4 Å². The smallest absolute Gasteiger partial charge is 0.0707 e. The minimum absolute atomic E-state index is 0.452. The second-order valence-corrected chi connectivity index (χ2v) is 5.90. The maximum Gasteiger partial charge on any atom is 0.0707 e. The Labute approximate surface area is 118 Å². The van der Waals surface area contributed by atoms with Gasteiger partial charge in [0.25, 0.3) is 0 Å². The number of hydrogen-bond acceptors (Lipinski definition) is 4. The molecule has 19 heavy (non-hydrogen) atoms. The van der Waals surface area contributed by atoms with E-state index < -0.39 is 0 Å². The molecule has 2 heterocycles. The lowest BCUT2D eigenvalue weighted by molar-refractivity contribution is 0.0132. The second kappa shape index (κ2) is 8.20. The summed E-state index contributed by atoms with van der Waals surface area (Å²) in [5.74, 6) is 0. The average molecular weight is 269 g/mol. The summed E-state index contributed by atoms with van der Waals surface area (Å²) in [4.78, 5) is 5.11. The van der Waals surface area contributed by atoms with Crippen molar-refractivity contribution < 1.29 is 4.74 Å². The lowest BCUT2D eigenvalue weighted by Crippen LogP contribution is -2.48. The van der Waals surface area contributed by atoms with Gasteiger partial charge in [0, 0.05) is 39.3 Å². The normalized spacial score (nSPS) is 30.0. The van der Waals surface area contributed by atoms with Gasteiger partial charge in [-0.25, -0.2) is 0 Å². The molecular weight excluding hydrogens is 238 g/mol. The van der Waals surface area contributed by atoms with Gasteiger partial charge < -0.3 is 15.0 Å². The minimum atomic E-state index is 0.452. The molecule has 0 aliphatic carbocycles. The predicted octanol–water partition coefficient (Wildman–Crippen LogP) is 1.17. The first kappa shape index (κ1) is 15.2. The molecule has 0 amide bonds. The molecule has 2 atom stereocenters. The van der Waals surface area contributed by atoms with Crippen molar-refractivity contribution in [2.24, 2.45) is 0 Å². The third kappa shape index (κ3) is 5.03. The van der Waals surface area contributed by atoms with E-state index in [4.69, 9.17) is 4.74 Å². The lowest BCUT2D eigenvalue weighted by Gasteiger charge is -2.35. The summed E-state index contributed by atoms with van der Waals surface area (Å²) < 4.78 is 6.15. The van der Waals surface area contributed by atoms with Crippen molar-refractivity contribution in [2.75, 3.05) is 52.4 Å². The maximum atomic E-state index is 6.15. The van der Waals surface area contributed by atoms with Crippen LogP contribution in [-0.2, 0) is 4.74 Å². The van der Waals surface area contributed by atoms with E-state index in [0.29, 0.717) is 12.2 Å². The van der Waals surface area contributed by atoms with E-state index in [1.807, 2.05) is 0 Å². The fourth-order valence-corrected chi connectivity index (χ4v) is 3.08. The molecular formula is C15H31N3O. The van der Waals surface area contributed by atoms with Crippen LogP contribution in [0.4, 0.5) is 0 Å². The van der Waals surface area contributed by atoms with E-state index in [2.05, 4.69) is 29.0 Å². The highest BCUT2D eigenvalue weighted by Gasteiger charge is 2.27. The van der Waals surface area contributed by atoms with Gasteiger partial charge in [0.1, 0.15) is 0 Å². The Bertz CT molecular complexity index is 242. The summed E-state index contributed by atoms with van der Waals surface area (Å²) in [7, 11) is 0. The van der Waals surface area contributed by atoms with E-state index in [-0.39, 0.29) is 0 Å². The molecule has 0 saturated carbocycles. The SMILES string of the molecule is CCCNCC1CCC(CN2CCN(CC)CC2)O1. The highest BCUT2D eigenvalue weighted by Crippen LogP contribution is 2.20. The lowest BCUT2D eigenvalue weighted by atomic mass is 10.1. The van der Waals surface area contributed by atoms with Crippen LogP contribution in [0.15, 0.2) is 0 Å². The molecule has 2 aliphatic heterocycles. The summed E-state index contributed by atoms with van der Waals surface area (Å²) >= 11 is 0. The molecule has 0 aromatic carbocycles. The quantitative estimate of drug-likeness (QED) is 0.702.